The van der Waals surface area contributed by atoms with Crippen molar-refractivity contribution in [3.63, 3.8) is 0 Å². The van der Waals surface area contributed by atoms with Gasteiger partial charge in [0.1, 0.15) is 0 Å². The molecular weight excluding hydrogens is 516 g/mol. The van der Waals surface area contributed by atoms with Gasteiger partial charge in [-0.05, 0) is 72.3 Å². The first-order valence-corrected chi connectivity index (χ1v) is 10.7. The highest BCUT2D eigenvalue weighted by Gasteiger charge is 2.27. The number of aliphatic hydroxyl groups excluding tert-OH is 1. The van der Waals surface area contributed by atoms with E-state index in [-0.39, 0.29) is 34.0 Å². The number of hydrogen-bond donors (Lipinski definition) is 1. The highest BCUT2D eigenvalue weighted by atomic mass is 79.9. The average Bonchev–Trinajstić information content (AvgIpc) is 3.15. The van der Waals surface area contributed by atoms with Crippen molar-refractivity contribution in [2.45, 2.75) is 32.2 Å². The number of benzene rings is 2. The second-order valence-electron chi connectivity index (χ2n) is 7.96. The van der Waals surface area contributed by atoms with E-state index in [4.69, 9.17) is 5.11 Å². The maximum absolute atomic E-state index is 8.85. The number of aliphatic imine (C=N–C) groups is 1. The summed E-state index contributed by atoms with van der Waals surface area (Å²) in [5.41, 5.74) is 7.99. The number of hydrogen-bond acceptors (Lipinski definition) is 3. The average molecular weight is 548 g/mol. The van der Waals surface area contributed by atoms with E-state index in [0.717, 1.165) is 6.54 Å². The third kappa shape index (κ3) is 5.83. The standard InChI is InChI=1S/C18H13N.C8H17NO.2BrH/c1-2-6-13(7-3-1)18-16-9-5-4-8-14(16)15-10-11-19-12-17(15)18;1-8(7-10)9-5-3-2-4-6-9;;/h1-11H,12H2;8,10H,2-7H2,1H3;2*1H. The van der Waals surface area contributed by atoms with E-state index in [1.165, 1.54) is 65.8 Å². The van der Waals surface area contributed by atoms with Crippen molar-refractivity contribution < 1.29 is 5.11 Å². The Labute approximate surface area is 207 Å². The first-order valence-electron chi connectivity index (χ1n) is 10.7. The van der Waals surface area contributed by atoms with E-state index in [9.17, 15) is 0 Å². The second-order valence-corrected chi connectivity index (χ2v) is 7.96. The predicted octanol–water partition coefficient (Wildman–Crippen LogP) is 5.98. The van der Waals surface area contributed by atoms with Crippen molar-refractivity contribution in [3.05, 3.63) is 82.9 Å². The molecule has 0 aromatic heterocycles. The quantitative estimate of drug-likeness (QED) is 0.513. The number of aliphatic hydroxyl groups is 1. The van der Waals surface area contributed by atoms with Gasteiger partial charge in [-0.25, -0.2) is 0 Å². The van der Waals surface area contributed by atoms with Gasteiger partial charge in [0.15, 0.2) is 0 Å². The van der Waals surface area contributed by atoms with Crippen LogP contribution in [0.5, 0.6) is 0 Å². The zero-order chi connectivity index (χ0) is 20.1. The molecule has 1 atom stereocenters. The van der Waals surface area contributed by atoms with Crippen molar-refractivity contribution in [3.8, 4) is 0 Å². The zero-order valence-corrected chi connectivity index (χ0v) is 21.5. The summed E-state index contributed by atoms with van der Waals surface area (Å²) in [7, 11) is 0. The third-order valence-corrected chi connectivity index (χ3v) is 6.05. The van der Waals surface area contributed by atoms with Crippen LogP contribution in [-0.2, 0) is 0 Å². The van der Waals surface area contributed by atoms with E-state index < -0.39 is 0 Å². The Balaban J connectivity index is 0.000000246. The summed E-state index contributed by atoms with van der Waals surface area (Å²) in [6.45, 7) is 5.54. The van der Waals surface area contributed by atoms with Crippen molar-refractivity contribution in [1.29, 1.82) is 0 Å². The molecule has 31 heavy (non-hydrogen) atoms. The van der Waals surface area contributed by atoms with E-state index in [2.05, 4.69) is 77.5 Å². The SMILES string of the molecule is Br.Br.C1=NCC2=C(c3ccccc3)c3ccccc3C2=C1.CC(CO)N1CCCCC1. The maximum atomic E-state index is 8.85. The molecule has 1 unspecified atom stereocenters. The van der Waals surface area contributed by atoms with Crippen LogP contribution in [0, 0.1) is 0 Å². The first-order chi connectivity index (χ1) is 14.3. The molecule has 2 aromatic rings. The van der Waals surface area contributed by atoms with Gasteiger partial charge in [0, 0.05) is 12.3 Å². The molecule has 2 aliphatic heterocycles. The van der Waals surface area contributed by atoms with Crippen LogP contribution in [-0.4, -0.2) is 48.5 Å². The summed E-state index contributed by atoms with van der Waals surface area (Å²) in [4.78, 5) is 6.78. The smallest absolute Gasteiger partial charge is 0.0652 e. The molecule has 0 bridgehead atoms. The van der Waals surface area contributed by atoms with Crippen LogP contribution in [0.25, 0.3) is 11.1 Å². The number of allylic oxidation sites excluding steroid dienone is 1. The second kappa shape index (κ2) is 12.5. The lowest BCUT2D eigenvalue weighted by atomic mass is 9.97. The molecule has 0 amide bonds. The van der Waals surface area contributed by atoms with Gasteiger partial charge in [-0.2, -0.15) is 0 Å². The molecule has 5 rings (SSSR count). The van der Waals surface area contributed by atoms with Crippen molar-refractivity contribution in [2.24, 2.45) is 4.99 Å². The van der Waals surface area contributed by atoms with Crippen LogP contribution in [0.4, 0.5) is 0 Å². The number of dihydropyridines is 1. The zero-order valence-electron chi connectivity index (χ0n) is 18.0. The minimum Gasteiger partial charge on any atom is -0.395 e. The van der Waals surface area contributed by atoms with Gasteiger partial charge in [-0.1, -0.05) is 61.0 Å². The fourth-order valence-electron chi connectivity index (χ4n) is 4.43. The van der Waals surface area contributed by atoms with Crippen molar-refractivity contribution in [1.82, 2.24) is 4.90 Å². The lowest BCUT2D eigenvalue weighted by Gasteiger charge is -2.30. The Hall–Kier alpha value is -1.53. The monoisotopic (exact) mass is 546 g/mol. The highest BCUT2D eigenvalue weighted by Crippen LogP contribution is 2.44. The van der Waals surface area contributed by atoms with Crippen LogP contribution in [0.2, 0.25) is 0 Å². The number of fused-ring (bicyclic) bond motifs is 3. The molecule has 3 aliphatic rings. The van der Waals surface area contributed by atoms with E-state index >= 15 is 0 Å². The van der Waals surface area contributed by atoms with Gasteiger partial charge in [0.25, 0.3) is 0 Å². The van der Waals surface area contributed by atoms with Gasteiger partial charge in [-0.3, -0.25) is 9.89 Å². The Morgan fingerprint density at radius 1 is 0.903 bits per heavy atom. The molecule has 0 radical (unpaired) electrons. The highest BCUT2D eigenvalue weighted by molar-refractivity contribution is 8.93. The molecule has 166 valence electrons. The van der Waals surface area contributed by atoms with Gasteiger partial charge in [-0.15, -0.1) is 34.0 Å². The third-order valence-electron chi connectivity index (χ3n) is 6.05. The number of nitrogens with zero attached hydrogens (tertiary/aromatic N) is 2. The molecule has 2 aromatic carbocycles. The molecule has 1 saturated heterocycles. The van der Waals surface area contributed by atoms with Crippen LogP contribution in [0.3, 0.4) is 0 Å². The fraction of sp³-hybridized carbons (Fsp3) is 0.346. The molecule has 2 heterocycles. The topological polar surface area (TPSA) is 35.8 Å². The summed E-state index contributed by atoms with van der Waals surface area (Å²) in [6, 6.07) is 19.6. The number of likely N-dealkylation sites (tertiary alicyclic amines) is 1. The van der Waals surface area contributed by atoms with Crippen molar-refractivity contribution >= 4 is 51.3 Å². The molecule has 0 saturated carbocycles. The minimum atomic E-state index is 0. The minimum absolute atomic E-state index is 0. The number of rotatable bonds is 3. The molecule has 1 fully saturated rings. The van der Waals surface area contributed by atoms with Crippen LogP contribution in [0.15, 0.2) is 71.2 Å². The molecule has 3 nitrogen and oxygen atoms in total. The fourth-order valence-corrected chi connectivity index (χ4v) is 4.43. The predicted molar refractivity (Wildman–Crippen MR) is 143 cm³/mol. The summed E-state index contributed by atoms with van der Waals surface area (Å²) < 4.78 is 0. The summed E-state index contributed by atoms with van der Waals surface area (Å²) in [5.74, 6) is 0. The molecule has 0 spiro atoms. The maximum Gasteiger partial charge on any atom is 0.0652 e. The lowest BCUT2D eigenvalue weighted by molar-refractivity contribution is 0.115. The Morgan fingerprint density at radius 2 is 1.55 bits per heavy atom. The van der Waals surface area contributed by atoms with Crippen LogP contribution in [0.1, 0.15) is 42.9 Å². The number of halogens is 2. The Kier molecular flexibility index (Phi) is 10.4. The lowest BCUT2D eigenvalue weighted by Crippen LogP contribution is -2.39. The van der Waals surface area contributed by atoms with E-state index in [1.807, 2.05) is 6.21 Å². The van der Waals surface area contributed by atoms with Gasteiger partial charge >= 0.3 is 0 Å². The molecule has 1 aliphatic carbocycles. The Morgan fingerprint density at radius 3 is 2.23 bits per heavy atom. The first kappa shape index (κ1) is 25.7. The Bertz CT molecular complexity index is 931. The normalized spacial score (nSPS) is 17.8. The molecule has 1 N–H and O–H groups in total. The summed E-state index contributed by atoms with van der Waals surface area (Å²) in [6.07, 6.45) is 8.04. The van der Waals surface area contributed by atoms with Gasteiger partial charge in [0.05, 0.1) is 13.2 Å². The largest absolute Gasteiger partial charge is 0.395 e. The van der Waals surface area contributed by atoms with Gasteiger partial charge < -0.3 is 5.11 Å². The summed E-state index contributed by atoms with van der Waals surface area (Å²) >= 11 is 0. The van der Waals surface area contributed by atoms with E-state index in [1.54, 1.807) is 0 Å². The van der Waals surface area contributed by atoms with Crippen LogP contribution >= 0.6 is 34.0 Å². The molecule has 5 heteroatoms. The van der Waals surface area contributed by atoms with Crippen molar-refractivity contribution in [2.75, 3.05) is 26.2 Å². The van der Waals surface area contributed by atoms with Crippen LogP contribution < -0.4 is 0 Å². The van der Waals surface area contributed by atoms with Gasteiger partial charge in [0.2, 0.25) is 0 Å². The van der Waals surface area contributed by atoms with E-state index in [0.29, 0.717) is 12.6 Å². The molecular formula is C26H32Br2N2O. The summed E-state index contributed by atoms with van der Waals surface area (Å²) in [5, 5.41) is 8.85. The number of piperidine rings is 1.